The molecule has 7 nitrogen and oxygen atoms in total. The first-order valence-corrected chi connectivity index (χ1v) is 7.61. The Hall–Kier alpha value is -1.34. The zero-order valence-corrected chi connectivity index (χ0v) is 14.4. The second-order valence-corrected chi connectivity index (χ2v) is 5.96. The van der Waals surface area contributed by atoms with E-state index >= 15 is 0 Å². The molecule has 130 valence electrons. The Morgan fingerprint density at radius 1 is 1.09 bits per heavy atom. The second-order valence-electron chi connectivity index (χ2n) is 5.96. The molecular weight excluding hydrogens is 288 g/mol. The van der Waals surface area contributed by atoms with Crippen LogP contribution in [0.1, 0.15) is 46.5 Å². The summed E-state index contributed by atoms with van der Waals surface area (Å²) in [6.07, 6.45) is 2.41. The van der Waals surface area contributed by atoms with Gasteiger partial charge in [0.25, 0.3) is 0 Å². The van der Waals surface area contributed by atoms with Gasteiger partial charge in [-0.05, 0) is 33.6 Å². The maximum atomic E-state index is 11.6. The highest BCUT2D eigenvalue weighted by Gasteiger charge is 2.19. The van der Waals surface area contributed by atoms with Crippen LogP contribution in [0.25, 0.3) is 0 Å². The highest BCUT2D eigenvalue weighted by atomic mass is 16.7. The van der Waals surface area contributed by atoms with Crippen LogP contribution in [-0.4, -0.2) is 56.6 Å². The molecule has 0 aliphatic rings. The minimum absolute atomic E-state index is 0.0313. The van der Waals surface area contributed by atoms with E-state index in [1.807, 2.05) is 0 Å². The van der Waals surface area contributed by atoms with Crippen LogP contribution in [0, 0.1) is 0 Å². The van der Waals surface area contributed by atoms with Gasteiger partial charge in [-0.15, -0.1) is 0 Å². The van der Waals surface area contributed by atoms with Gasteiger partial charge in [0.1, 0.15) is 5.60 Å². The molecule has 0 saturated carbocycles. The van der Waals surface area contributed by atoms with Crippen molar-refractivity contribution in [1.82, 2.24) is 10.4 Å². The Labute approximate surface area is 133 Å². The monoisotopic (exact) mass is 318 g/mol. The summed E-state index contributed by atoms with van der Waals surface area (Å²) in [5.74, 6) is 0.0313. The van der Waals surface area contributed by atoms with Crippen molar-refractivity contribution >= 4 is 12.0 Å². The topological polar surface area (TPSA) is 77.1 Å². The van der Waals surface area contributed by atoms with E-state index in [9.17, 15) is 9.59 Å². The summed E-state index contributed by atoms with van der Waals surface area (Å²) in [7, 11) is 3.12. The van der Waals surface area contributed by atoms with Gasteiger partial charge in [0.2, 0.25) is 5.91 Å². The maximum Gasteiger partial charge on any atom is 0.434 e. The smallest absolute Gasteiger partial charge is 0.434 e. The van der Waals surface area contributed by atoms with Crippen LogP contribution in [0.2, 0.25) is 0 Å². The molecule has 0 spiro atoms. The van der Waals surface area contributed by atoms with Gasteiger partial charge in [0.15, 0.2) is 0 Å². The average molecular weight is 318 g/mol. The predicted molar refractivity (Wildman–Crippen MR) is 83.3 cm³/mol. The lowest BCUT2D eigenvalue weighted by molar-refractivity contribution is -0.132. The Morgan fingerprint density at radius 2 is 1.77 bits per heavy atom. The van der Waals surface area contributed by atoms with Gasteiger partial charge < -0.3 is 14.8 Å². The second kappa shape index (κ2) is 11.3. The van der Waals surface area contributed by atoms with E-state index in [-0.39, 0.29) is 5.91 Å². The Balaban J connectivity index is 3.56. The van der Waals surface area contributed by atoms with E-state index < -0.39 is 11.7 Å². The van der Waals surface area contributed by atoms with Gasteiger partial charge >= 0.3 is 6.09 Å². The third-order valence-electron chi connectivity index (χ3n) is 2.61. The highest BCUT2D eigenvalue weighted by molar-refractivity contribution is 5.75. The number of hydrogen-bond donors (Lipinski definition) is 1. The van der Waals surface area contributed by atoms with E-state index in [0.717, 1.165) is 24.3 Å². The number of methoxy groups -OCH3 is 1. The van der Waals surface area contributed by atoms with Crippen molar-refractivity contribution in [1.29, 1.82) is 0 Å². The Morgan fingerprint density at radius 3 is 2.36 bits per heavy atom. The van der Waals surface area contributed by atoms with Crippen LogP contribution in [-0.2, 0) is 19.1 Å². The molecule has 0 unspecified atom stereocenters. The maximum absolute atomic E-state index is 11.6. The van der Waals surface area contributed by atoms with Crippen molar-refractivity contribution < 1.29 is 23.9 Å². The minimum Gasteiger partial charge on any atom is -0.442 e. The number of carbonyl (C=O) groups excluding carboxylic acids is 2. The van der Waals surface area contributed by atoms with Crippen LogP contribution in [0.15, 0.2) is 0 Å². The number of hydrogen-bond acceptors (Lipinski definition) is 5. The minimum atomic E-state index is -0.537. The molecule has 2 amide bonds. The molecule has 0 aromatic heterocycles. The SMILES string of the molecule is COCCNC(=O)CCCCCON(C)C(=O)OC(C)(C)C. The van der Waals surface area contributed by atoms with Crippen molar-refractivity contribution in [2.24, 2.45) is 0 Å². The number of ether oxygens (including phenoxy) is 2. The molecular formula is C15H30N2O5. The summed E-state index contributed by atoms with van der Waals surface area (Å²) in [6, 6.07) is 0. The number of unbranched alkanes of at least 4 members (excludes halogenated alkanes) is 2. The lowest BCUT2D eigenvalue weighted by atomic mass is 10.2. The van der Waals surface area contributed by atoms with Crippen molar-refractivity contribution in [2.75, 3.05) is 33.9 Å². The first kappa shape index (κ1) is 20.7. The number of carbonyl (C=O) groups is 2. The number of rotatable bonds is 10. The molecule has 0 aliphatic carbocycles. The standard InChI is InChI=1S/C15H30N2O5/c1-15(2,3)22-14(19)17(4)21-11-8-6-7-9-13(18)16-10-12-20-5/h6-12H2,1-5H3,(H,16,18). The van der Waals surface area contributed by atoms with Crippen LogP contribution >= 0.6 is 0 Å². The Kier molecular flexibility index (Phi) is 10.6. The van der Waals surface area contributed by atoms with Gasteiger partial charge in [0.05, 0.1) is 13.2 Å². The third-order valence-corrected chi connectivity index (χ3v) is 2.61. The number of hydroxylamine groups is 2. The molecule has 7 heteroatoms. The van der Waals surface area contributed by atoms with Gasteiger partial charge in [-0.1, -0.05) is 6.42 Å². The van der Waals surface area contributed by atoms with Crippen LogP contribution in [0.4, 0.5) is 4.79 Å². The van der Waals surface area contributed by atoms with E-state index in [1.54, 1.807) is 27.9 Å². The Bertz CT molecular complexity index is 328. The zero-order chi connectivity index (χ0) is 17.0. The number of amides is 2. The van der Waals surface area contributed by atoms with Crippen LogP contribution in [0.3, 0.4) is 0 Å². The fraction of sp³-hybridized carbons (Fsp3) is 0.867. The first-order chi connectivity index (χ1) is 10.3. The predicted octanol–water partition coefficient (Wildman–Crippen LogP) is 2.11. The molecule has 0 atom stereocenters. The first-order valence-electron chi connectivity index (χ1n) is 7.61. The summed E-state index contributed by atoms with van der Waals surface area (Å²) in [5.41, 5.74) is -0.537. The van der Waals surface area contributed by atoms with Gasteiger partial charge in [-0.25, -0.2) is 4.79 Å². The molecule has 22 heavy (non-hydrogen) atoms. The summed E-state index contributed by atoms with van der Waals surface area (Å²) in [5, 5.41) is 3.86. The van der Waals surface area contributed by atoms with E-state index in [1.165, 1.54) is 7.05 Å². The average Bonchev–Trinajstić information content (AvgIpc) is 2.40. The zero-order valence-electron chi connectivity index (χ0n) is 14.4. The quantitative estimate of drug-likeness (QED) is 0.493. The van der Waals surface area contributed by atoms with Gasteiger partial charge in [-0.3, -0.25) is 9.63 Å². The summed E-state index contributed by atoms with van der Waals surface area (Å²) in [4.78, 5) is 28.3. The lowest BCUT2D eigenvalue weighted by Crippen LogP contribution is -2.34. The molecule has 0 heterocycles. The fourth-order valence-electron chi connectivity index (χ4n) is 1.53. The molecule has 0 aromatic rings. The molecule has 0 radical (unpaired) electrons. The molecule has 0 bridgehead atoms. The molecule has 0 aliphatic heterocycles. The van der Waals surface area contributed by atoms with Crippen LogP contribution in [0.5, 0.6) is 0 Å². The largest absolute Gasteiger partial charge is 0.442 e. The van der Waals surface area contributed by atoms with E-state index in [0.29, 0.717) is 26.2 Å². The van der Waals surface area contributed by atoms with Crippen molar-refractivity contribution in [3.63, 3.8) is 0 Å². The highest BCUT2D eigenvalue weighted by Crippen LogP contribution is 2.09. The van der Waals surface area contributed by atoms with E-state index in [2.05, 4.69) is 5.32 Å². The van der Waals surface area contributed by atoms with Gasteiger partial charge in [0, 0.05) is 27.1 Å². The number of nitrogens with one attached hydrogen (secondary N) is 1. The molecule has 0 saturated heterocycles. The molecule has 0 aromatic carbocycles. The summed E-state index contributed by atoms with van der Waals surface area (Å²) in [6.45, 7) is 6.89. The molecule has 1 N–H and O–H groups in total. The number of nitrogens with zero attached hydrogens (tertiary/aromatic N) is 1. The van der Waals surface area contributed by atoms with Gasteiger partial charge in [-0.2, -0.15) is 5.06 Å². The third kappa shape index (κ3) is 12.4. The summed E-state index contributed by atoms with van der Waals surface area (Å²) >= 11 is 0. The summed E-state index contributed by atoms with van der Waals surface area (Å²) < 4.78 is 10.0. The van der Waals surface area contributed by atoms with Crippen molar-refractivity contribution in [3.05, 3.63) is 0 Å². The van der Waals surface area contributed by atoms with Crippen molar-refractivity contribution in [3.8, 4) is 0 Å². The molecule has 0 rings (SSSR count). The van der Waals surface area contributed by atoms with E-state index in [4.69, 9.17) is 14.3 Å². The normalized spacial score (nSPS) is 11.1. The lowest BCUT2D eigenvalue weighted by Gasteiger charge is -2.24. The molecule has 0 fully saturated rings. The van der Waals surface area contributed by atoms with Crippen LogP contribution < -0.4 is 5.32 Å². The fourth-order valence-corrected chi connectivity index (χ4v) is 1.53. The van der Waals surface area contributed by atoms with Crippen molar-refractivity contribution in [2.45, 2.75) is 52.1 Å².